The van der Waals surface area contributed by atoms with Crippen LogP contribution in [-0.4, -0.2) is 24.4 Å². The van der Waals surface area contributed by atoms with Crippen molar-refractivity contribution in [3.8, 4) is 0 Å². The normalized spacial score (nSPS) is 19.1. The molecule has 1 nitrogen and oxygen atoms in total. The van der Waals surface area contributed by atoms with Crippen molar-refractivity contribution >= 4 is 11.8 Å². The van der Waals surface area contributed by atoms with E-state index < -0.39 is 5.51 Å². The fourth-order valence-electron chi connectivity index (χ4n) is 1.70. The molecule has 1 N–H and O–H groups in total. The van der Waals surface area contributed by atoms with Gasteiger partial charge in [0.05, 0.1) is 0 Å². The van der Waals surface area contributed by atoms with E-state index >= 15 is 0 Å². The maximum atomic E-state index is 12.0. The van der Waals surface area contributed by atoms with Crippen molar-refractivity contribution in [2.45, 2.75) is 38.6 Å². The first-order chi connectivity index (χ1) is 7.33. The standard InChI is InChI=1S/C11H20F3NS/c1-9(2)7-15-8-10(3-4-10)5-6-16-11(12,13)14/h9,15H,3-8H2,1-2H3. The first-order valence-electron chi connectivity index (χ1n) is 5.74. The number of rotatable bonds is 7. The monoisotopic (exact) mass is 255 g/mol. The van der Waals surface area contributed by atoms with Crippen LogP contribution in [0.3, 0.4) is 0 Å². The van der Waals surface area contributed by atoms with Gasteiger partial charge in [-0.25, -0.2) is 0 Å². The average molecular weight is 255 g/mol. The van der Waals surface area contributed by atoms with Crippen LogP contribution < -0.4 is 5.32 Å². The number of thioether (sulfide) groups is 1. The molecular weight excluding hydrogens is 235 g/mol. The van der Waals surface area contributed by atoms with Crippen LogP contribution in [0.2, 0.25) is 0 Å². The summed E-state index contributed by atoms with van der Waals surface area (Å²) in [5.74, 6) is 0.799. The van der Waals surface area contributed by atoms with Gasteiger partial charge in [0.2, 0.25) is 0 Å². The second kappa shape index (κ2) is 5.63. The minimum Gasteiger partial charge on any atom is -0.316 e. The number of hydrogen-bond acceptors (Lipinski definition) is 2. The van der Waals surface area contributed by atoms with Crippen molar-refractivity contribution in [3.63, 3.8) is 0 Å². The van der Waals surface area contributed by atoms with Crippen LogP contribution in [0, 0.1) is 11.3 Å². The Hall–Kier alpha value is 0.100. The van der Waals surface area contributed by atoms with Gasteiger partial charge in [-0.3, -0.25) is 0 Å². The fraction of sp³-hybridized carbons (Fsp3) is 1.00. The topological polar surface area (TPSA) is 12.0 Å². The van der Waals surface area contributed by atoms with Crippen molar-refractivity contribution < 1.29 is 13.2 Å². The Morgan fingerprint density at radius 2 is 1.94 bits per heavy atom. The van der Waals surface area contributed by atoms with Crippen molar-refractivity contribution in [3.05, 3.63) is 0 Å². The molecule has 1 aliphatic carbocycles. The Balaban J connectivity index is 2.11. The molecule has 1 fully saturated rings. The maximum absolute atomic E-state index is 12.0. The predicted octanol–water partition coefficient (Wildman–Crippen LogP) is 3.66. The first kappa shape index (κ1) is 14.2. The third-order valence-corrected chi connectivity index (χ3v) is 3.64. The molecule has 0 aromatic heterocycles. The minimum atomic E-state index is -4.07. The molecule has 16 heavy (non-hydrogen) atoms. The lowest BCUT2D eigenvalue weighted by atomic mass is 10.0. The molecule has 0 heterocycles. The van der Waals surface area contributed by atoms with Gasteiger partial charge >= 0.3 is 5.51 Å². The second-order valence-electron chi connectivity index (χ2n) is 5.07. The lowest BCUT2D eigenvalue weighted by Gasteiger charge is -2.17. The SMILES string of the molecule is CC(C)CNCC1(CCSC(F)(F)F)CC1. The lowest BCUT2D eigenvalue weighted by molar-refractivity contribution is -0.0328. The van der Waals surface area contributed by atoms with Crippen LogP contribution in [-0.2, 0) is 0 Å². The van der Waals surface area contributed by atoms with E-state index in [1.807, 2.05) is 0 Å². The van der Waals surface area contributed by atoms with Gasteiger partial charge in [0.15, 0.2) is 0 Å². The van der Waals surface area contributed by atoms with Crippen LogP contribution in [0.5, 0.6) is 0 Å². The zero-order valence-corrected chi connectivity index (χ0v) is 10.7. The van der Waals surface area contributed by atoms with Gasteiger partial charge in [0.1, 0.15) is 0 Å². The van der Waals surface area contributed by atoms with E-state index in [4.69, 9.17) is 0 Å². The van der Waals surface area contributed by atoms with Crippen molar-refractivity contribution in [2.24, 2.45) is 11.3 Å². The van der Waals surface area contributed by atoms with Crippen molar-refractivity contribution in [1.82, 2.24) is 5.32 Å². The second-order valence-corrected chi connectivity index (χ2v) is 6.23. The van der Waals surface area contributed by atoms with E-state index in [9.17, 15) is 13.2 Å². The summed E-state index contributed by atoms with van der Waals surface area (Å²) in [7, 11) is 0. The molecule has 0 amide bonds. The number of nitrogens with one attached hydrogen (secondary N) is 1. The summed E-state index contributed by atoms with van der Waals surface area (Å²) >= 11 is 0.112. The highest BCUT2D eigenvalue weighted by Gasteiger charge is 2.42. The molecule has 1 rings (SSSR count). The molecule has 0 radical (unpaired) electrons. The minimum absolute atomic E-state index is 0.112. The van der Waals surface area contributed by atoms with E-state index in [-0.39, 0.29) is 22.9 Å². The molecule has 0 spiro atoms. The van der Waals surface area contributed by atoms with Gasteiger partial charge in [-0.05, 0) is 37.1 Å². The molecule has 96 valence electrons. The maximum Gasteiger partial charge on any atom is 0.441 e. The predicted molar refractivity (Wildman–Crippen MR) is 62.5 cm³/mol. The Morgan fingerprint density at radius 3 is 2.38 bits per heavy atom. The molecule has 0 aliphatic heterocycles. The zero-order chi connectivity index (χ0) is 12.2. The summed E-state index contributed by atoms with van der Waals surface area (Å²) in [5, 5.41) is 3.34. The first-order valence-corrected chi connectivity index (χ1v) is 6.73. The van der Waals surface area contributed by atoms with E-state index in [2.05, 4.69) is 19.2 Å². The fourth-order valence-corrected chi connectivity index (χ4v) is 2.47. The van der Waals surface area contributed by atoms with Crippen LogP contribution in [0.15, 0.2) is 0 Å². The van der Waals surface area contributed by atoms with Crippen molar-refractivity contribution in [2.75, 3.05) is 18.8 Å². The largest absolute Gasteiger partial charge is 0.441 e. The number of alkyl halides is 3. The Morgan fingerprint density at radius 1 is 1.31 bits per heavy atom. The van der Waals surface area contributed by atoms with E-state index in [0.29, 0.717) is 12.3 Å². The van der Waals surface area contributed by atoms with Gasteiger partial charge in [0, 0.05) is 12.3 Å². The number of hydrogen-bond donors (Lipinski definition) is 1. The Labute approximate surface area is 99.6 Å². The zero-order valence-electron chi connectivity index (χ0n) is 9.86. The molecule has 0 atom stereocenters. The highest BCUT2D eigenvalue weighted by Crippen LogP contribution is 2.49. The van der Waals surface area contributed by atoms with Crippen LogP contribution in [0.1, 0.15) is 33.1 Å². The van der Waals surface area contributed by atoms with Gasteiger partial charge in [0.25, 0.3) is 0 Å². The van der Waals surface area contributed by atoms with Crippen molar-refractivity contribution in [1.29, 1.82) is 0 Å². The van der Waals surface area contributed by atoms with E-state index in [0.717, 1.165) is 25.9 Å². The molecule has 1 aliphatic rings. The van der Waals surface area contributed by atoms with Gasteiger partial charge in [-0.15, -0.1) is 0 Å². The van der Waals surface area contributed by atoms with Crippen LogP contribution in [0.25, 0.3) is 0 Å². The van der Waals surface area contributed by atoms with Gasteiger partial charge < -0.3 is 5.32 Å². The summed E-state index contributed by atoms with van der Waals surface area (Å²) in [6.45, 7) is 6.09. The van der Waals surface area contributed by atoms with Crippen LogP contribution in [0.4, 0.5) is 13.2 Å². The summed E-state index contributed by atoms with van der Waals surface area (Å²) in [6.07, 6.45) is 2.84. The lowest BCUT2D eigenvalue weighted by Crippen LogP contribution is -2.28. The summed E-state index contributed by atoms with van der Waals surface area (Å²) in [6, 6.07) is 0. The molecule has 1 saturated carbocycles. The summed E-state index contributed by atoms with van der Waals surface area (Å²) in [5.41, 5.74) is -3.89. The molecule has 0 aromatic carbocycles. The third kappa shape index (κ3) is 5.99. The van der Waals surface area contributed by atoms with Crippen LogP contribution >= 0.6 is 11.8 Å². The molecular formula is C11H20F3NS. The highest BCUT2D eigenvalue weighted by atomic mass is 32.2. The summed E-state index contributed by atoms with van der Waals surface area (Å²) in [4.78, 5) is 0. The molecule has 0 bridgehead atoms. The quantitative estimate of drug-likeness (QED) is 0.745. The molecule has 0 saturated heterocycles. The molecule has 5 heteroatoms. The summed E-state index contributed by atoms with van der Waals surface area (Å²) < 4.78 is 35.9. The highest BCUT2D eigenvalue weighted by molar-refractivity contribution is 8.00. The van der Waals surface area contributed by atoms with Gasteiger partial charge in [-0.1, -0.05) is 25.6 Å². The number of halogens is 3. The Kier molecular flexibility index (Phi) is 4.98. The van der Waals surface area contributed by atoms with E-state index in [1.54, 1.807) is 0 Å². The molecule has 0 unspecified atom stereocenters. The van der Waals surface area contributed by atoms with E-state index in [1.165, 1.54) is 0 Å². The average Bonchev–Trinajstić information content (AvgIpc) is 2.82. The third-order valence-electron chi connectivity index (χ3n) is 2.91. The molecule has 0 aromatic rings. The smallest absolute Gasteiger partial charge is 0.316 e. The van der Waals surface area contributed by atoms with Gasteiger partial charge in [-0.2, -0.15) is 13.2 Å². The Bertz CT molecular complexity index is 212.